The highest BCUT2D eigenvalue weighted by Gasteiger charge is 2.21. The monoisotopic (exact) mass is 562 g/mol. The Morgan fingerprint density at radius 2 is 1.60 bits per heavy atom. The molecular formula is C32H34N8O2. The van der Waals surface area contributed by atoms with Gasteiger partial charge in [0.1, 0.15) is 0 Å². The number of aromatic nitrogens is 4. The molecule has 1 aliphatic rings. The number of rotatable bonds is 7. The molecule has 42 heavy (non-hydrogen) atoms. The average Bonchev–Trinajstić information content (AvgIpc) is 3.51. The van der Waals surface area contributed by atoms with Crippen LogP contribution >= 0.6 is 0 Å². The van der Waals surface area contributed by atoms with Crippen molar-refractivity contribution >= 4 is 23.3 Å². The summed E-state index contributed by atoms with van der Waals surface area (Å²) >= 11 is 0. The predicted octanol–water partition coefficient (Wildman–Crippen LogP) is 4.71. The van der Waals surface area contributed by atoms with Gasteiger partial charge in [-0.25, -0.2) is 19.7 Å². The van der Waals surface area contributed by atoms with Crippen molar-refractivity contribution in [2.45, 2.75) is 32.0 Å². The Kier molecular flexibility index (Phi) is 8.96. The van der Waals surface area contributed by atoms with Gasteiger partial charge < -0.3 is 21.1 Å². The number of nitrogens with two attached hydrogens (primary N) is 2. The standard InChI is InChI=1S/C31H30N6O2.CH4N2/c32-17-25-19-37(20-33-25)26-12-14-36(15-13-26)18-21-6-8-23(9-7-21)30-29(22-4-2-1-3-5-22)34-27-11-10-24(31(38)39)16-28(27)35-30;2-1-3/h1-11,16,19-20,26H,12-15,17-18,32H2,(H,38,39);1H,(H3,2,3). The van der Waals surface area contributed by atoms with Gasteiger partial charge in [0.2, 0.25) is 0 Å². The molecule has 3 heterocycles. The minimum absolute atomic E-state index is 0.196. The number of hydrogen-bond acceptors (Lipinski definition) is 7. The van der Waals surface area contributed by atoms with E-state index in [0.717, 1.165) is 67.0 Å². The third-order valence-corrected chi connectivity index (χ3v) is 7.43. The molecule has 5 aromatic rings. The van der Waals surface area contributed by atoms with Crippen LogP contribution in [0.2, 0.25) is 0 Å². The number of carboxylic acid groups (broad SMARTS) is 1. The topological polar surface area (TPSA) is 160 Å². The van der Waals surface area contributed by atoms with Gasteiger partial charge in [-0.15, -0.1) is 0 Å². The smallest absolute Gasteiger partial charge is 0.335 e. The van der Waals surface area contributed by atoms with Crippen molar-refractivity contribution in [1.29, 1.82) is 5.41 Å². The molecule has 3 aromatic carbocycles. The number of hydrogen-bond donors (Lipinski definition) is 4. The molecule has 10 heteroatoms. The van der Waals surface area contributed by atoms with Crippen LogP contribution in [0.1, 0.15) is 40.5 Å². The Labute approximate surface area is 244 Å². The Morgan fingerprint density at radius 3 is 2.21 bits per heavy atom. The van der Waals surface area contributed by atoms with E-state index in [2.05, 4.69) is 50.6 Å². The largest absolute Gasteiger partial charge is 0.478 e. The number of fused-ring (bicyclic) bond motifs is 1. The van der Waals surface area contributed by atoms with E-state index in [1.807, 2.05) is 36.7 Å². The van der Waals surface area contributed by atoms with E-state index >= 15 is 0 Å². The van der Waals surface area contributed by atoms with E-state index in [0.29, 0.717) is 23.6 Å². The van der Waals surface area contributed by atoms with Crippen LogP contribution in [0.4, 0.5) is 0 Å². The number of carboxylic acids is 1. The first-order valence-corrected chi connectivity index (χ1v) is 13.8. The van der Waals surface area contributed by atoms with Crippen LogP contribution < -0.4 is 11.5 Å². The highest BCUT2D eigenvalue weighted by molar-refractivity contribution is 5.94. The van der Waals surface area contributed by atoms with Crippen LogP contribution in [0.5, 0.6) is 0 Å². The maximum absolute atomic E-state index is 11.5. The van der Waals surface area contributed by atoms with E-state index in [-0.39, 0.29) is 5.56 Å². The van der Waals surface area contributed by atoms with Crippen LogP contribution in [0.3, 0.4) is 0 Å². The van der Waals surface area contributed by atoms with Crippen molar-refractivity contribution in [3.05, 3.63) is 102 Å². The Hall–Kier alpha value is -4.93. The lowest BCUT2D eigenvalue weighted by molar-refractivity contribution is 0.0697. The first-order valence-electron chi connectivity index (χ1n) is 13.8. The third-order valence-electron chi connectivity index (χ3n) is 7.43. The van der Waals surface area contributed by atoms with Gasteiger partial charge in [0, 0.05) is 49.5 Å². The molecule has 1 fully saturated rings. The zero-order valence-corrected chi connectivity index (χ0v) is 23.2. The van der Waals surface area contributed by atoms with Gasteiger partial charge in [-0.2, -0.15) is 0 Å². The number of carbonyl (C=O) groups is 1. The Bertz CT molecular complexity index is 1660. The van der Waals surface area contributed by atoms with E-state index in [1.54, 1.807) is 18.2 Å². The third kappa shape index (κ3) is 6.51. The lowest BCUT2D eigenvalue weighted by Crippen LogP contribution is -2.33. The number of benzene rings is 3. The summed E-state index contributed by atoms with van der Waals surface area (Å²) in [5.74, 6) is -0.980. The van der Waals surface area contributed by atoms with Crippen molar-refractivity contribution in [1.82, 2.24) is 24.4 Å². The predicted molar refractivity (Wildman–Crippen MR) is 164 cm³/mol. The van der Waals surface area contributed by atoms with Gasteiger partial charge in [0.05, 0.1) is 46.3 Å². The molecule has 0 spiro atoms. The van der Waals surface area contributed by atoms with Crippen molar-refractivity contribution in [2.75, 3.05) is 13.1 Å². The van der Waals surface area contributed by atoms with Gasteiger partial charge in [-0.3, -0.25) is 10.3 Å². The number of nitrogens with one attached hydrogen (secondary N) is 1. The molecule has 0 radical (unpaired) electrons. The summed E-state index contributed by atoms with van der Waals surface area (Å²) in [5.41, 5.74) is 17.1. The number of imidazole rings is 1. The molecule has 0 saturated carbocycles. The zero-order chi connectivity index (χ0) is 29.5. The fourth-order valence-electron chi connectivity index (χ4n) is 5.27. The maximum Gasteiger partial charge on any atom is 0.335 e. The van der Waals surface area contributed by atoms with Crippen LogP contribution in [0, 0.1) is 5.41 Å². The summed E-state index contributed by atoms with van der Waals surface area (Å²) in [4.78, 5) is 28.2. The summed E-state index contributed by atoms with van der Waals surface area (Å²) in [5, 5.41) is 15.3. The Morgan fingerprint density at radius 1 is 0.952 bits per heavy atom. The minimum Gasteiger partial charge on any atom is -0.478 e. The molecule has 6 rings (SSSR count). The molecule has 0 amide bonds. The summed E-state index contributed by atoms with van der Waals surface area (Å²) in [6, 6.07) is 23.8. The van der Waals surface area contributed by atoms with Crippen LogP contribution in [-0.2, 0) is 13.1 Å². The number of likely N-dealkylation sites (tertiary alicyclic amines) is 1. The summed E-state index contributed by atoms with van der Waals surface area (Å²) in [7, 11) is 0. The first kappa shape index (κ1) is 28.6. The van der Waals surface area contributed by atoms with Crippen LogP contribution in [-0.4, -0.2) is 54.9 Å². The zero-order valence-electron chi connectivity index (χ0n) is 23.2. The lowest BCUT2D eigenvalue weighted by atomic mass is 10.0. The first-order chi connectivity index (χ1) is 20.5. The average molecular weight is 563 g/mol. The molecule has 2 aromatic heterocycles. The molecule has 0 aliphatic carbocycles. The van der Waals surface area contributed by atoms with E-state index in [4.69, 9.17) is 21.1 Å². The van der Waals surface area contributed by atoms with Crippen LogP contribution in [0.15, 0.2) is 85.3 Å². The highest BCUT2D eigenvalue weighted by atomic mass is 16.4. The lowest BCUT2D eigenvalue weighted by Gasteiger charge is -2.32. The second-order valence-electron chi connectivity index (χ2n) is 10.2. The van der Waals surface area contributed by atoms with Crippen molar-refractivity contribution in [2.24, 2.45) is 11.5 Å². The summed E-state index contributed by atoms with van der Waals surface area (Å²) in [6.45, 7) is 3.43. The molecular weight excluding hydrogens is 528 g/mol. The van der Waals surface area contributed by atoms with Gasteiger partial charge >= 0.3 is 5.97 Å². The molecule has 214 valence electrons. The molecule has 1 saturated heterocycles. The molecule has 6 N–H and O–H groups in total. The molecule has 10 nitrogen and oxygen atoms in total. The molecule has 0 unspecified atom stereocenters. The van der Waals surface area contributed by atoms with E-state index in [1.165, 1.54) is 5.56 Å². The Balaban J connectivity index is 0.00000113. The maximum atomic E-state index is 11.5. The number of piperidine rings is 1. The van der Waals surface area contributed by atoms with Crippen LogP contribution in [0.25, 0.3) is 33.5 Å². The summed E-state index contributed by atoms with van der Waals surface area (Å²) < 4.78 is 2.21. The molecule has 0 bridgehead atoms. The minimum atomic E-state index is -0.980. The second-order valence-corrected chi connectivity index (χ2v) is 10.2. The van der Waals surface area contributed by atoms with Crippen molar-refractivity contribution < 1.29 is 9.90 Å². The fourth-order valence-corrected chi connectivity index (χ4v) is 5.27. The number of aromatic carboxylic acids is 1. The summed E-state index contributed by atoms with van der Waals surface area (Å²) in [6.07, 6.45) is 6.90. The van der Waals surface area contributed by atoms with Crippen molar-refractivity contribution in [3.8, 4) is 22.5 Å². The highest BCUT2D eigenvalue weighted by Crippen LogP contribution is 2.32. The van der Waals surface area contributed by atoms with Gasteiger partial charge in [0.25, 0.3) is 0 Å². The SMILES string of the molecule is N=CN.NCc1cn(C2CCN(Cc3ccc(-c4nc5cc(C(=O)O)ccc5nc4-c4ccccc4)cc3)CC2)cn1. The van der Waals surface area contributed by atoms with Crippen molar-refractivity contribution in [3.63, 3.8) is 0 Å². The van der Waals surface area contributed by atoms with E-state index in [9.17, 15) is 9.90 Å². The quantitative estimate of drug-likeness (QED) is 0.164. The normalized spacial score (nSPS) is 13.8. The second kappa shape index (κ2) is 13.2. The number of nitrogens with zero attached hydrogens (tertiary/aromatic N) is 5. The van der Waals surface area contributed by atoms with Gasteiger partial charge in [-0.05, 0) is 36.6 Å². The molecule has 0 atom stereocenters. The molecule has 1 aliphatic heterocycles. The van der Waals surface area contributed by atoms with Gasteiger partial charge in [-0.1, -0.05) is 54.6 Å². The fraction of sp³-hybridized carbons (Fsp3) is 0.219. The van der Waals surface area contributed by atoms with Gasteiger partial charge in [0.15, 0.2) is 0 Å². The van der Waals surface area contributed by atoms with E-state index < -0.39 is 5.97 Å².